The van der Waals surface area contributed by atoms with Gasteiger partial charge in [0.05, 0.1) is 25.7 Å². The number of ether oxygens (including phenoxy) is 2. The molecule has 0 bridgehead atoms. The highest BCUT2D eigenvalue weighted by atomic mass is 31.2. The van der Waals surface area contributed by atoms with Crippen LogP contribution in [0.3, 0.4) is 0 Å². The van der Waals surface area contributed by atoms with E-state index in [2.05, 4.69) is 109 Å². The first-order chi connectivity index (χ1) is 19.1. The molecule has 2 atom stereocenters. The molecule has 39 heavy (non-hydrogen) atoms. The number of rotatable bonds is 10. The van der Waals surface area contributed by atoms with E-state index in [0.717, 1.165) is 29.1 Å². The van der Waals surface area contributed by atoms with Gasteiger partial charge in [0.15, 0.2) is 5.75 Å². The van der Waals surface area contributed by atoms with Crippen LogP contribution in [0, 0.1) is 0 Å². The molecule has 5 heteroatoms. The molecule has 2 unspecified atom stereocenters. The van der Waals surface area contributed by atoms with Gasteiger partial charge in [-0.05, 0) is 54.7 Å². The Hall–Kier alpha value is -3.38. The van der Waals surface area contributed by atoms with Crippen LogP contribution in [0.15, 0.2) is 133 Å². The predicted molar refractivity (Wildman–Crippen MR) is 171 cm³/mol. The van der Waals surface area contributed by atoms with E-state index in [0.29, 0.717) is 0 Å². The molecule has 5 rings (SSSR count). The lowest BCUT2D eigenvalue weighted by atomic mass is 10.2. The molecule has 0 amide bonds. The van der Waals surface area contributed by atoms with Gasteiger partial charge in [0.25, 0.3) is 0 Å². The highest BCUT2D eigenvalue weighted by Gasteiger charge is 2.40. The first-order valence-corrected chi connectivity index (χ1v) is 16.6. The van der Waals surface area contributed by atoms with E-state index in [-0.39, 0.29) is 0 Å². The highest BCUT2D eigenvalue weighted by Crippen LogP contribution is 2.56. The molecule has 5 aromatic carbocycles. The molecule has 0 spiro atoms. The first-order valence-electron chi connectivity index (χ1n) is 13.0. The molecule has 0 aromatic heterocycles. The van der Waals surface area contributed by atoms with E-state index >= 15 is 0 Å². The van der Waals surface area contributed by atoms with Gasteiger partial charge >= 0.3 is 7.57 Å². The molecular formula is C34H32BO2P2+. The molecule has 0 N–H and O–H groups in total. The largest absolute Gasteiger partial charge is 0.496 e. The van der Waals surface area contributed by atoms with Crippen molar-refractivity contribution in [3.05, 3.63) is 145 Å². The van der Waals surface area contributed by atoms with Gasteiger partial charge < -0.3 is 9.47 Å². The van der Waals surface area contributed by atoms with Gasteiger partial charge in [0.2, 0.25) is 0 Å². The lowest BCUT2D eigenvalue weighted by Gasteiger charge is -2.26. The number of hydrogen-bond donors (Lipinski definition) is 0. The van der Waals surface area contributed by atoms with Crippen molar-refractivity contribution >= 4 is 43.8 Å². The molecule has 0 aliphatic rings. The van der Waals surface area contributed by atoms with Gasteiger partial charge in [-0.25, -0.2) is 0 Å². The van der Waals surface area contributed by atoms with Crippen molar-refractivity contribution in [1.82, 2.24) is 0 Å². The number of benzene rings is 5. The van der Waals surface area contributed by atoms with Crippen LogP contribution in [-0.2, 0) is 12.3 Å². The van der Waals surface area contributed by atoms with Crippen molar-refractivity contribution in [2.24, 2.45) is 0 Å². The molecule has 0 heterocycles. The third kappa shape index (κ3) is 6.12. The monoisotopic (exact) mass is 545 g/mol. The van der Waals surface area contributed by atoms with Gasteiger partial charge in [-0.15, -0.1) is 0 Å². The fraction of sp³-hybridized carbons (Fsp3) is 0.118. The van der Waals surface area contributed by atoms with E-state index in [1.165, 1.54) is 27.0 Å². The van der Waals surface area contributed by atoms with Crippen molar-refractivity contribution in [2.75, 3.05) is 14.2 Å². The van der Waals surface area contributed by atoms with Crippen LogP contribution < -0.4 is 30.7 Å². The second-order valence-electron chi connectivity index (χ2n) is 9.45. The van der Waals surface area contributed by atoms with Gasteiger partial charge in [-0.3, -0.25) is 0 Å². The molecule has 0 saturated heterocycles. The van der Waals surface area contributed by atoms with E-state index in [4.69, 9.17) is 17.0 Å². The minimum Gasteiger partial charge on any atom is -0.496 e. The Morgan fingerprint density at radius 2 is 1.21 bits per heavy atom. The maximum atomic E-state index is 7.44. The van der Waals surface area contributed by atoms with Crippen molar-refractivity contribution in [3.8, 4) is 11.5 Å². The van der Waals surface area contributed by atoms with Gasteiger partial charge in [0.1, 0.15) is 11.1 Å². The van der Waals surface area contributed by atoms with E-state index in [1.807, 2.05) is 24.3 Å². The fourth-order valence-electron chi connectivity index (χ4n) is 5.04. The predicted octanol–water partition coefficient (Wildman–Crippen LogP) is 6.59. The zero-order valence-corrected chi connectivity index (χ0v) is 24.2. The Morgan fingerprint density at radius 3 is 1.92 bits per heavy atom. The van der Waals surface area contributed by atoms with Crippen LogP contribution in [0.4, 0.5) is 0 Å². The molecule has 0 fully saturated rings. The van der Waals surface area contributed by atoms with Crippen LogP contribution in [0.5, 0.6) is 11.5 Å². The average molecular weight is 545 g/mol. The van der Waals surface area contributed by atoms with Gasteiger partial charge in [-0.2, -0.15) is 0 Å². The lowest BCUT2D eigenvalue weighted by Crippen LogP contribution is -2.25. The van der Waals surface area contributed by atoms with Crippen LogP contribution in [0.1, 0.15) is 11.1 Å². The summed E-state index contributed by atoms with van der Waals surface area (Å²) < 4.78 is 11.6. The Labute approximate surface area is 235 Å². The quantitative estimate of drug-likeness (QED) is 0.146. The number of hydrogen-bond acceptors (Lipinski definition) is 2. The summed E-state index contributed by atoms with van der Waals surface area (Å²) in [6.45, 7) is 0. The summed E-state index contributed by atoms with van der Waals surface area (Å²) in [6.07, 6.45) is 1.67. The SMILES string of the molecule is [B][P+](Cc1cccc(CP(c2ccccc2)c2ccccc2OC)c1)(c1ccccc1)c1ccccc1OC. The first kappa shape index (κ1) is 27.2. The van der Waals surface area contributed by atoms with E-state index in [1.54, 1.807) is 14.2 Å². The number of methoxy groups -OCH3 is 2. The van der Waals surface area contributed by atoms with Crippen LogP contribution in [0.25, 0.3) is 0 Å². The number of para-hydroxylation sites is 2. The topological polar surface area (TPSA) is 18.5 Å². The molecule has 0 aliphatic heterocycles. The Balaban J connectivity index is 1.53. The van der Waals surface area contributed by atoms with Crippen molar-refractivity contribution in [2.45, 2.75) is 12.3 Å². The third-order valence-electron chi connectivity index (χ3n) is 6.94. The molecule has 0 saturated carbocycles. The van der Waals surface area contributed by atoms with Gasteiger partial charge in [-0.1, -0.05) is 103 Å². The molecule has 192 valence electrons. The van der Waals surface area contributed by atoms with Crippen molar-refractivity contribution < 1.29 is 9.47 Å². The second kappa shape index (κ2) is 12.7. The minimum atomic E-state index is -2.27. The molecule has 2 radical (unpaired) electrons. The minimum absolute atomic E-state index is 0.662. The molecule has 2 nitrogen and oxygen atoms in total. The lowest BCUT2D eigenvalue weighted by molar-refractivity contribution is 0.418. The highest BCUT2D eigenvalue weighted by molar-refractivity contribution is 8.08. The smallest absolute Gasteiger partial charge is 0.377 e. The van der Waals surface area contributed by atoms with Crippen LogP contribution in [-0.4, -0.2) is 21.8 Å². The summed E-state index contributed by atoms with van der Waals surface area (Å²) in [7, 11) is 7.98. The normalized spacial score (nSPS) is 13.3. The molecule has 0 aliphatic carbocycles. The summed E-state index contributed by atoms with van der Waals surface area (Å²) >= 11 is 0. The van der Waals surface area contributed by atoms with Crippen molar-refractivity contribution in [3.63, 3.8) is 0 Å². The fourth-order valence-corrected chi connectivity index (χ4v) is 10.5. The summed E-state index contributed by atoms with van der Waals surface area (Å²) in [4.78, 5) is 0. The van der Waals surface area contributed by atoms with E-state index < -0.39 is 15.1 Å². The molecule has 5 aromatic rings. The Kier molecular flexibility index (Phi) is 8.82. The Bertz CT molecular complexity index is 1510. The molecular weight excluding hydrogens is 513 g/mol. The van der Waals surface area contributed by atoms with Crippen LogP contribution in [0.2, 0.25) is 0 Å². The standard InChI is InChI=1S/C34H32BO2P2/c1-36-31-20-9-11-22-33(31)38(29-16-5-3-6-17-29)25-27-14-13-15-28(24-27)26-39(35,30-18-7-4-8-19-30)34-23-12-10-21-32(34)37-2/h3-24H,25-26H2,1-2H3/q+1. The van der Waals surface area contributed by atoms with Gasteiger partial charge in [0, 0.05) is 18.6 Å². The van der Waals surface area contributed by atoms with Crippen molar-refractivity contribution in [1.29, 1.82) is 0 Å². The van der Waals surface area contributed by atoms with Crippen LogP contribution >= 0.6 is 15.1 Å². The Morgan fingerprint density at radius 1 is 0.615 bits per heavy atom. The summed E-state index contributed by atoms with van der Waals surface area (Å²) in [5.74, 6) is 1.79. The second-order valence-corrected chi connectivity index (χ2v) is 14.7. The maximum Gasteiger partial charge on any atom is 0.377 e. The zero-order valence-electron chi connectivity index (χ0n) is 22.4. The summed E-state index contributed by atoms with van der Waals surface area (Å²) in [5, 5.41) is 4.84. The van der Waals surface area contributed by atoms with E-state index in [9.17, 15) is 0 Å². The average Bonchev–Trinajstić information content (AvgIpc) is 3.01. The zero-order chi connectivity index (χ0) is 27.1. The summed E-state index contributed by atoms with van der Waals surface area (Å²) in [5.41, 5.74) is 2.54. The third-order valence-corrected chi connectivity index (χ3v) is 12.8. The summed E-state index contributed by atoms with van der Waals surface area (Å²) in [6, 6.07) is 46.8. The maximum absolute atomic E-state index is 7.44.